The van der Waals surface area contributed by atoms with Crippen LogP contribution < -0.4 is 9.80 Å². The zero-order valence-corrected chi connectivity index (χ0v) is 19.9. The highest BCUT2D eigenvalue weighted by Crippen LogP contribution is 2.50. The van der Waals surface area contributed by atoms with Crippen molar-refractivity contribution in [1.82, 2.24) is 0 Å². The molecule has 0 aliphatic carbocycles. The van der Waals surface area contributed by atoms with E-state index in [4.69, 9.17) is 24.4 Å². The molecule has 2 aliphatic heterocycles. The lowest BCUT2D eigenvalue weighted by Crippen LogP contribution is -2.28. The first-order valence-electron chi connectivity index (χ1n) is 11.1. The van der Waals surface area contributed by atoms with Crippen molar-refractivity contribution < 1.29 is 0 Å². The molecule has 0 saturated heterocycles. The minimum Gasteiger partial charge on any atom is -0.299 e. The molecule has 0 bridgehead atoms. The van der Waals surface area contributed by atoms with Gasteiger partial charge in [-0.15, -0.1) is 0 Å². The van der Waals surface area contributed by atoms with E-state index in [1.807, 2.05) is 48.5 Å². The summed E-state index contributed by atoms with van der Waals surface area (Å²) < 4.78 is 0. The lowest BCUT2D eigenvalue weighted by molar-refractivity contribution is 1.37. The lowest BCUT2D eigenvalue weighted by Gasteiger charge is -2.28. The molecule has 0 unspecified atom stereocenters. The Balaban J connectivity index is 1.68. The molecule has 0 fully saturated rings. The third-order valence-corrected chi connectivity index (χ3v) is 6.90. The van der Waals surface area contributed by atoms with Crippen LogP contribution in [-0.2, 0) is 0 Å². The summed E-state index contributed by atoms with van der Waals surface area (Å²) >= 11 is 12.4. The minimum atomic E-state index is 0.764. The van der Waals surface area contributed by atoms with Crippen LogP contribution >= 0.6 is 24.4 Å². The monoisotopic (exact) mass is 472 g/mol. The summed E-state index contributed by atoms with van der Waals surface area (Å²) in [6.45, 7) is 0. The third-order valence-electron chi connectivity index (χ3n) is 6.13. The number of benzene rings is 4. The van der Waals surface area contributed by atoms with Gasteiger partial charge < -0.3 is 0 Å². The molecule has 0 amide bonds. The van der Waals surface area contributed by atoms with Crippen LogP contribution in [0.15, 0.2) is 132 Å². The van der Waals surface area contributed by atoms with Gasteiger partial charge in [0.25, 0.3) is 0 Å². The van der Waals surface area contributed by atoms with E-state index in [1.165, 1.54) is 0 Å². The Labute approximate surface area is 210 Å². The summed E-state index contributed by atoms with van der Waals surface area (Å²) in [5.41, 5.74) is 8.32. The molecule has 0 radical (unpaired) electrons. The molecule has 0 N–H and O–H groups in total. The average molecular weight is 473 g/mol. The van der Waals surface area contributed by atoms with Crippen LogP contribution in [-0.4, -0.2) is 9.98 Å². The maximum atomic E-state index is 6.21. The van der Waals surface area contributed by atoms with Crippen LogP contribution in [0.1, 0.15) is 11.1 Å². The number of nitrogens with zero attached hydrogens (tertiary/aromatic N) is 2. The fourth-order valence-electron chi connectivity index (χ4n) is 4.69. The number of anilines is 2. The van der Waals surface area contributed by atoms with E-state index in [9.17, 15) is 0 Å². The second kappa shape index (κ2) is 8.49. The van der Waals surface area contributed by atoms with Gasteiger partial charge in [0.15, 0.2) is 0 Å². The van der Waals surface area contributed by atoms with E-state index >= 15 is 0 Å². The fraction of sp³-hybridized carbons (Fsp3) is 0. The molecule has 4 aromatic carbocycles. The summed E-state index contributed by atoms with van der Waals surface area (Å²) in [5, 5.41) is 0. The highest BCUT2D eigenvalue weighted by Gasteiger charge is 2.45. The maximum absolute atomic E-state index is 6.21. The van der Waals surface area contributed by atoms with E-state index < -0.39 is 0 Å². The smallest absolute Gasteiger partial charge is 0.121 e. The van der Waals surface area contributed by atoms with Gasteiger partial charge in [0.05, 0.1) is 11.4 Å². The van der Waals surface area contributed by atoms with Crippen LogP contribution in [0.4, 0.5) is 11.4 Å². The van der Waals surface area contributed by atoms with Crippen molar-refractivity contribution in [2.24, 2.45) is 0 Å². The Morgan fingerprint density at radius 2 is 0.676 bits per heavy atom. The molecular weight excluding hydrogens is 452 g/mol. The quantitative estimate of drug-likeness (QED) is 0.284. The molecule has 4 heteroatoms. The van der Waals surface area contributed by atoms with E-state index in [1.54, 1.807) is 0 Å². The normalized spacial score (nSPS) is 15.4. The standard InChI is InChI=1S/C30H20N2S2/c33-29-25-26(28(22-15-7-2-8-16-22)32(29)24-19-11-4-12-20-24)30(34)31(23-17-9-3-10-18-23)27(25)21-13-5-1-6-14-21/h1-20H. The first-order valence-corrected chi connectivity index (χ1v) is 12.0. The zero-order chi connectivity index (χ0) is 23.1. The average Bonchev–Trinajstić information content (AvgIpc) is 3.38. The molecule has 0 saturated carbocycles. The number of rotatable bonds is 4. The van der Waals surface area contributed by atoms with E-state index in [-0.39, 0.29) is 0 Å². The fourth-order valence-corrected chi connectivity index (χ4v) is 5.48. The van der Waals surface area contributed by atoms with Crippen LogP contribution in [0.25, 0.3) is 11.4 Å². The Morgan fingerprint density at radius 3 is 1.00 bits per heavy atom. The van der Waals surface area contributed by atoms with Crippen molar-refractivity contribution in [3.05, 3.63) is 144 Å². The summed E-state index contributed by atoms with van der Waals surface area (Å²) in [7, 11) is 0. The molecule has 4 aromatic rings. The molecule has 0 aromatic heterocycles. The van der Waals surface area contributed by atoms with Crippen LogP contribution in [0.2, 0.25) is 0 Å². The van der Waals surface area contributed by atoms with Crippen molar-refractivity contribution in [2.45, 2.75) is 0 Å². The van der Waals surface area contributed by atoms with Crippen molar-refractivity contribution in [2.75, 3.05) is 9.80 Å². The predicted octanol–water partition coefficient (Wildman–Crippen LogP) is 7.50. The molecule has 162 valence electrons. The predicted molar refractivity (Wildman–Crippen MR) is 150 cm³/mol. The van der Waals surface area contributed by atoms with E-state index in [0.29, 0.717) is 0 Å². The first-order chi connectivity index (χ1) is 16.8. The first kappa shape index (κ1) is 20.7. The van der Waals surface area contributed by atoms with E-state index in [0.717, 1.165) is 55.0 Å². The van der Waals surface area contributed by atoms with Gasteiger partial charge >= 0.3 is 0 Å². The lowest BCUT2D eigenvalue weighted by atomic mass is 10.0. The number of thiocarbonyl (C=S) groups is 2. The van der Waals surface area contributed by atoms with Gasteiger partial charge in [-0.25, -0.2) is 0 Å². The summed E-state index contributed by atoms with van der Waals surface area (Å²) in [4.78, 5) is 5.87. The molecular formula is C30H20N2S2. The van der Waals surface area contributed by atoms with Crippen LogP contribution in [0, 0.1) is 0 Å². The highest BCUT2D eigenvalue weighted by atomic mass is 32.1. The second-order valence-corrected chi connectivity index (χ2v) is 8.90. The van der Waals surface area contributed by atoms with Gasteiger partial charge in [0.1, 0.15) is 9.98 Å². The molecule has 0 spiro atoms. The summed E-state index contributed by atoms with van der Waals surface area (Å²) in [5.74, 6) is 0. The van der Waals surface area contributed by atoms with Gasteiger partial charge in [0.2, 0.25) is 0 Å². The number of hydrogen-bond donors (Lipinski definition) is 0. The SMILES string of the molecule is S=C1C2=C(c3ccccc3)N(c3ccccc3)C(=S)C2=C(c2ccccc2)N1c1ccccc1. The Kier molecular flexibility index (Phi) is 5.17. The minimum absolute atomic E-state index is 0.764. The number of hydrogen-bond acceptors (Lipinski definition) is 2. The van der Waals surface area contributed by atoms with Gasteiger partial charge in [-0.3, -0.25) is 9.80 Å². The largest absolute Gasteiger partial charge is 0.299 e. The molecule has 6 rings (SSSR count). The Bertz CT molecular complexity index is 1340. The van der Waals surface area contributed by atoms with Crippen molar-refractivity contribution in [1.29, 1.82) is 0 Å². The molecule has 2 aliphatic rings. The summed E-state index contributed by atoms with van der Waals surface area (Å²) in [6, 6.07) is 41.4. The van der Waals surface area contributed by atoms with Crippen molar-refractivity contribution in [3.63, 3.8) is 0 Å². The van der Waals surface area contributed by atoms with Crippen molar-refractivity contribution >= 4 is 57.2 Å². The topological polar surface area (TPSA) is 6.48 Å². The number of para-hydroxylation sites is 2. The Hall–Kier alpha value is -3.86. The molecule has 0 atom stereocenters. The third kappa shape index (κ3) is 3.23. The maximum Gasteiger partial charge on any atom is 0.121 e. The van der Waals surface area contributed by atoms with Gasteiger partial charge in [0, 0.05) is 22.5 Å². The van der Waals surface area contributed by atoms with Crippen LogP contribution in [0.3, 0.4) is 0 Å². The summed E-state index contributed by atoms with van der Waals surface area (Å²) in [6.07, 6.45) is 0. The number of fused-ring (bicyclic) bond motifs is 1. The molecule has 34 heavy (non-hydrogen) atoms. The highest BCUT2D eigenvalue weighted by molar-refractivity contribution is 7.82. The van der Waals surface area contributed by atoms with Crippen LogP contribution in [0.5, 0.6) is 0 Å². The zero-order valence-electron chi connectivity index (χ0n) is 18.3. The van der Waals surface area contributed by atoms with Gasteiger partial charge in [-0.2, -0.15) is 0 Å². The molecule has 2 heterocycles. The van der Waals surface area contributed by atoms with E-state index in [2.05, 4.69) is 82.6 Å². The second-order valence-electron chi connectivity index (χ2n) is 8.13. The van der Waals surface area contributed by atoms with Gasteiger partial charge in [-0.05, 0) is 35.4 Å². The molecule has 2 nitrogen and oxygen atoms in total. The Morgan fingerprint density at radius 1 is 0.382 bits per heavy atom. The van der Waals surface area contributed by atoms with Gasteiger partial charge in [-0.1, -0.05) is 121 Å². The van der Waals surface area contributed by atoms with Crippen molar-refractivity contribution in [3.8, 4) is 0 Å².